The molecule has 0 radical (unpaired) electrons. The maximum Gasteiger partial charge on any atom is 0.239 e. The van der Waals surface area contributed by atoms with Crippen LogP contribution in [0.3, 0.4) is 0 Å². The molecule has 0 atom stereocenters. The third-order valence-corrected chi connectivity index (χ3v) is 2.52. The number of amides is 2. The second-order valence-electron chi connectivity index (χ2n) is 3.94. The molecule has 1 saturated heterocycles. The summed E-state index contributed by atoms with van der Waals surface area (Å²) in [4.78, 5) is 26.6. The Morgan fingerprint density at radius 3 is 2.59 bits per heavy atom. The van der Waals surface area contributed by atoms with Crippen LogP contribution in [0.1, 0.15) is 0 Å². The fourth-order valence-electron chi connectivity index (χ4n) is 1.71. The molecular weight excluding hydrogens is 218 g/mol. The van der Waals surface area contributed by atoms with Gasteiger partial charge in [0.25, 0.3) is 0 Å². The number of piperazine rings is 1. The molecule has 0 aromatic rings. The number of carbonyl (C=O) groups excluding carboxylic acids is 2. The highest BCUT2D eigenvalue weighted by Gasteiger charge is 2.22. The average molecular weight is 237 g/mol. The van der Waals surface area contributed by atoms with Crippen LogP contribution in [0.25, 0.3) is 0 Å². The Bertz CT molecular complexity index is 305. The molecule has 5 nitrogen and oxygen atoms in total. The van der Waals surface area contributed by atoms with Crippen LogP contribution in [0.5, 0.6) is 0 Å². The van der Waals surface area contributed by atoms with Gasteiger partial charge in [0.2, 0.25) is 11.8 Å². The average Bonchev–Trinajstić information content (AvgIpc) is 2.29. The van der Waals surface area contributed by atoms with E-state index in [0.717, 1.165) is 0 Å². The zero-order valence-corrected chi connectivity index (χ0v) is 10.0. The van der Waals surface area contributed by atoms with Crippen molar-refractivity contribution in [3.8, 4) is 0 Å². The van der Waals surface area contributed by atoms with Crippen LogP contribution in [0.2, 0.25) is 0 Å². The van der Waals surface area contributed by atoms with Crippen LogP contribution in [0, 0.1) is 0 Å². The van der Waals surface area contributed by atoms with Crippen molar-refractivity contribution in [3.63, 3.8) is 0 Å². The molecule has 0 spiro atoms. The molecule has 1 aliphatic rings. The van der Waals surface area contributed by atoms with Crippen molar-refractivity contribution in [3.05, 3.63) is 25.3 Å². The molecule has 94 valence electrons. The quantitative estimate of drug-likeness (QED) is 0.641. The topological polar surface area (TPSA) is 52.7 Å². The molecule has 17 heavy (non-hydrogen) atoms. The summed E-state index contributed by atoms with van der Waals surface area (Å²) in [5.41, 5.74) is 0. The number of nitrogens with zero attached hydrogens (tertiary/aromatic N) is 2. The second kappa shape index (κ2) is 6.85. The summed E-state index contributed by atoms with van der Waals surface area (Å²) in [6.45, 7) is 10.2. The lowest BCUT2D eigenvalue weighted by Crippen LogP contribution is -2.52. The van der Waals surface area contributed by atoms with Gasteiger partial charge < -0.3 is 10.2 Å². The van der Waals surface area contributed by atoms with Gasteiger partial charge in [-0.15, -0.1) is 13.2 Å². The zero-order valence-electron chi connectivity index (χ0n) is 10.0. The summed E-state index contributed by atoms with van der Waals surface area (Å²) in [5.74, 6) is -0.118. The van der Waals surface area contributed by atoms with Crippen molar-refractivity contribution in [2.75, 3.05) is 39.3 Å². The molecule has 1 N–H and O–H groups in total. The van der Waals surface area contributed by atoms with Crippen molar-refractivity contribution >= 4 is 11.8 Å². The van der Waals surface area contributed by atoms with Crippen LogP contribution in [0.4, 0.5) is 0 Å². The lowest BCUT2D eigenvalue weighted by molar-refractivity contribution is -0.138. The van der Waals surface area contributed by atoms with E-state index >= 15 is 0 Å². The summed E-state index contributed by atoms with van der Waals surface area (Å²) < 4.78 is 0. The van der Waals surface area contributed by atoms with E-state index in [1.54, 1.807) is 17.1 Å². The van der Waals surface area contributed by atoms with Gasteiger partial charge in [-0.1, -0.05) is 12.2 Å². The Kier molecular flexibility index (Phi) is 5.42. The van der Waals surface area contributed by atoms with Crippen molar-refractivity contribution in [1.29, 1.82) is 0 Å². The highest BCUT2D eigenvalue weighted by molar-refractivity contribution is 5.86. The molecule has 0 bridgehead atoms. The van der Waals surface area contributed by atoms with E-state index in [2.05, 4.69) is 18.5 Å². The molecular formula is C12H19N3O2. The summed E-state index contributed by atoms with van der Waals surface area (Å²) >= 11 is 0. The molecule has 5 heteroatoms. The van der Waals surface area contributed by atoms with Crippen LogP contribution < -0.4 is 5.32 Å². The Balaban J connectivity index is 2.47. The number of nitrogens with one attached hydrogen (secondary N) is 1. The Morgan fingerprint density at radius 2 is 2.06 bits per heavy atom. The van der Waals surface area contributed by atoms with Crippen molar-refractivity contribution in [1.82, 2.24) is 15.1 Å². The minimum absolute atomic E-state index is 0.0245. The summed E-state index contributed by atoms with van der Waals surface area (Å²) in [6, 6.07) is 0. The van der Waals surface area contributed by atoms with Crippen LogP contribution in [-0.2, 0) is 9.59 Å². The monoisotopic (exact) mass is 237 g/mol. The summed E-state index contributed by atoms with van der Waals surface area (Å²) in [5, 5.41) is 2.69. The first kappa shape index (κ1) is 13.4. The Hall–Kier alpha value is -1.62. The van der Waals surface area contributed by atoms with Gasteiger partial charge >= 0.3 is 0 Å². The molecule has 1 heterocycles. The third-order valence-electron chi connectivity index (χ3n) is 2.52. The standard InChI is InChI=1S/C12H19N3O2/c1-3-6-14(7-4-2)10-12(17)15-8-5-13-11(16)9-15/h3-4H,1-2,5-10H2,(H,13,16). The molecule has 0 aromatic carbocycles. The SMILES string of the molecule is C=CCN(CC=C)CC(=O)N1CCNC(=O)C1. The number of rotatable bonds is 6. The van der Waals surface area contributed by atoms with E-state index < -0.39 is 0 Å². The van der Waals surface area contributed by atoms with Crippen LogP contribution in [-0.4, -0.2) is 60.9 Å². The van der Waals surface area contributed by atoms with E-state index in [1.165, 1.54) is 0 Å². The minimum Gasteiger partial charge on any atom is -0.353 e. The van der Waals surface area contributed by atoms with Crippen molar-refractivity contribution < 1.29 is 9.59 Å². The fourth-order valence-corrected chi connectivity index (χ4v) is 1.71. The highest BCUT2D eigenvalue weighted by atomic mass is 16.2. The summed E-state index contributed by atoms with van der Waals surface area (Å²) in [6.07, 6.45) is 3.50. The Labute approximate surface area is 102 Å². The second-order valence-corrected chi connectivity index (χ2v) is 3.94. The van der Waals surface area contributed by atoms with E-state index in [4.69, 9.17) is 0 Å². The maximum absolute atomic E-state index is 11.9. The van der Waals surface area contributed by atoms with Crippen molar-refractivity contribution in [2.24, 2.45) is 0 Å². The molecule has 2 amide bonds. The third kappa shape index (κ3) is 4.40. The first-order chi connectivity index (χ1) is 8.17. The number of hydrogen-bond acceptors (Lipinski definition) is 3. The number of hydrogen-bond donors (Lipinski definition) is 1. The fraction of sp³-hybridized carbons (Fsp3) is 0.500. The van der Waals surface area contributed by atoms with Gasteiger partial charge in [0.15, 0.2) is 0 Å². The largest absolute Gasteiger partial charge is 0.353 e. The van der Waals surface area contributed by atoms with Gasteiger partial charge in [0, 0.05) is 26.2 Å². The van der Waals surface area contributed by atoms with E-state index in [1.807, 2.05) is 4.90 Å². The normalized spacial score (nSPS) is 15.6. The maximum atomic E-state index is 11.9. The molecule has 1 fully saturated rings. The molecule has 0 unspecified atom stereocenters. The Morgan fingerprint density at radius 1 is 1.41 bits per heavy atom. The van der Waals surface area contributed by atoms with Crippen LogP contribution >= 0.6 is 0 Å². The van der Waals surface area contributed by atoms with Gasteiger partial charge in [-0.05, 0) is 0 Å². The highest BCUT2D eigenvalue weighted by Crippen LogP contribution is 1.98. The minimum atomic E-state index is -0.0939. The van der Waals surface area contributed by atoms with Gasteiger partial charge in [-0.25, -0.2) is 0 Å². The van der Waals surface area contributed by atoms with E-state index in [-0.39, 0.29) is 18.4 Å². The zero-order chi connectivity index (χ0) is 12.7. The van der Waals surface area contributed by atoms with E-state index in [9.17, 15) is 9.59 Å². The number of carbonyl (C=O) groups is 2. The van der Waals surface area contributed by atoms with Gasteiger partial charge in [0.05, 0.1) is 13.1 Å². The molecule has 0 aromatic heterocycles. The predicted molar refractivity (Wildman–Crippen MR) is 66.4 cm³/mol. The molecule has 1 aliphatic heterocycles. The van der Waals surface area contributed by atoms with Gasteiger partial charge in [-0.3, -0.25) is 14.5 Å². The van der Waals surface area contributed by atoms with Gasteiger partial charge in [-0.2, -0.15) is 0 Å². The summed E-state index contributed by atoms with van der Waals surface area (Å²) in [7, 11) is 0. The smallest absolute Gasteiger partial charge is 0.239 e. The predicted octanol–water partition coefficient (Wildman–Crippen LogP) is -0.381. The lowest BCUT2D eigenvalue weighted by Gasteiger charge is -2.29. The molecule has 1 rings (SSSR count). The first-order valence-corrected chi connectivity index (χ1v) is 5.66. The molecule has 0 aliphatic carbocycles. The molecule has 0 saturated carbocycles. The van der Waals surface area contributed by atoms with Crippen molar-refractivity contribution in [2.45, 2.75) is 0 Å². The van der Waals surface area contributed by atoms with Gasteiger partial charge in [0.1, 0.15) is 0 Å². The lowest BCUT2D eigenvalue weighted by atomic mass is 10.3. The van der Waals surface area contributed by atoms with Crippen LogP contribution in [0.15, 0.2) is 25.3 Å². The van der Waals surface area contributed by atoms with E-state index in [0.29, 0.717) is 32.7 Å². The first-order valence-electron chi connectivity index (χ1n) is 5.66.